The summed E-state index contributed by atoms with van der Waals surface area (Å²) in [5.41, 5.74) is 0.861. The fraction of sp³-hybridized carbons (Fsp3) is 0.267. The van der Waals surface area contributed by atoms with Gasteiger partial charge in [-0.25, -0.2) is 22.8 Å². The molecule has 0 radical (unpaired) electrons. The van der Waals surface area contributed by atoms with Gasteiger partial charge in [0, 0.05) is 12.3 Å². The second-order valence-electron chi connectivity index (χ2n) is 5.03. The lowest BCUT2D eigenvalue weighted by Crippen LogP contribution is -2.25. The Morgan fingerprint density at radius 1 is 1.43 bits per heavy atom. The van der Waals surface area contributed by atoms with Crippen LogP contribution in [0.25, 0.3) is 0 Å². The zero-order valence-corrected chi connectivity index (χ0v) is 14.8. The molecular formula is C15H13F3N6O3S. The Balaban J connectivity index is 2.12. The normalized spacial score (nSPS) is 11.4. The molecule has 0 aliphatic heterocycles. The Labute approximate surface area is 160 Å². The van der Waals surface area contributed by atoms with Gasteiger partial charge in [-0.1, -0.05) is 11.8 Å². The number of aromatic nitrogens is 2. The first-order valence-corrected chi connectivity index (χ1v) is 8.60. The van der Waals surface area contributed by atoms with Crippen LogP contribution < -0.4 is 10.8 Å². The van der Waals surface area contributed by atoms with Crippen molar-refractivity contribution in [3.05, 3.63) is 35.3 Å². The van der Waals surface area contributed by atoms with Crippen molar-refractivity contribution in [2.75, 3.05) is 12.3 Å². The smallest absolute Gasteiger partial charge is 0.266 e. The Hall–Kier alpha value is -3.11. The molecule has 0 saturated heterocycles. The van der Waals surface area contributed by atoms with Crippen molar-refractivity contribution >= 4 is 29.2 Å². The molecule has 0 aliphatic rings. The Bertz CT molecular complexity index is 899. The number of rotatable bonds is 8. The van der Waals surface area contributed by atoms with E-state index >= 15 is 0 Å². The maximum Gasteiger partial charge on any atom is 0.266 e. The minimum atomic E-state index is -3.03. The average Bonchev–Trinajstić information content (AvgIpc) is 3.13. The van der Waals surface area contributed by atoms with Crippen molar-refractivity contribution in [1.82, 2.24) is 21.1 Å². The van der Waals surface area contributed by atoms with E-state index in [1.165, 1.54) is 0 Å². The number of alkyl halides is 2. The third-order valence-corrected chi connectivity index (χ3v) is 4.10. The molecule has 1 aromatic heterocycles. The molecule has 0 spiro atoms. The van der Waals surface area contributed by atoms with Crippen molar-refractivity contribution in [3.63, 3.8) is 0 Å². The van der Waals surface area contributed by atoms with Gasteiger partial charge in [-0.05, 0) is 28.5 Å². The van der Waals surface area contributed by atoms with Crippen LogP contribution >= 0.6 is 11.8 Å². The highest BCUT2D eigenvalue weighted by atomic mass is 32.2. The van der Waals surface area contributed by atoms with Crippen molar-refractivity contribution in [3.8, 4) is 6.07 Å². The van der Waals surface area contributed by atoms with Gasteiger partial charge in [0.05, 0.1) is 17.3 Å². The number of aliphatic imine (C=N–C) groups is 1. The van der Waals surface area contributed by atoms with Crippen molar-refractivity contribution in [2.45, 2.75) is 17.9 Å². The van der Waals surface area contributed by atoms with Crippen LogP contribution in [0.2, 0.25) is 0 Å². The quantitative estimate of drug-likeness (QED) is 0.197. The van der Waals surface area contributed by atoms with Gasteiger partial charge in [0.25, 0.3) is 6.43 Å². The van der Waals surface area contributed by atoms with Crippen molar-refractivity contribution in [2.24, 2.45) is 4.99 Å². The topological polar surface area (TPSA) is 136 Å². The zero-order valence-electron chi connectivity index (χ0n) is 14.0. The van der Waals surface area contributed by atoms with Gasteiger partial charge in [-0.2, -0.15) is 5.26 Å². The molecule has 1 aromatic carbocycles. The number of benzene rings is 1. The number of amides is 1. The van der Waals surface area contributed by atoms with Crippen LogP contribution in [0, 0.1) is 17.1 Å². The number of nitriles is 1. The van der Waals surface area contributed by atoms with E-state index in [4.69, 9.17) is 5.26 Å². The molecule has 0 fully saturated rings. The molecule has 0 bridgehead atoms. The number of carbonyl (C=O) groups is 1. The van der Waals surface area contributed by atoms with Gasteiger partial charge in [-0.3, -0.25) is 15.5 Å². The molecule has 1 heterocycles. The molecule has 0 atom stereocenters. The molecule has 1 amide bonds. The van der Waals surface area contributed by atoms with Crippen LogP contribution in [-0.2, 0) is 4.79 Å². The van der Waals surface area contributed by atoms with Gasteiger partial charge in [0.15, 0.2) is 16.6 Å². The maximum absolute atomic E-state index is 13.4. The first kappa shape index (κ1) is 21.2. The fourth-order valence-electron chi connectivity index (χ4n) is 1.92. The van der Waals surface area contributed by atoms with Crippen LogP contribution in [0.3, 0.4) is 0 Å². The lowest BCUT2D eigenvalue weighted by atomic mass is 10.2. The van der Waals surface area contributed by atoms with E-state index in [2.05, 4.69) is 25.3 Å². The molecular weight excluding hydrogens is 401 g/mol. The van der Waals surface area contributed by atoms with Gasteiger partial charge in [-0.15, -0.1) is 0 Å². The molecule has 3 N–H and O–H groups in total. The third-order valence-electron chi connectivity index (χ3n) is 3.15. The van der Waals surface area contributed by atoms with E-state index < -0.39 is 23.7 Å². The second-order valence-corrected chi connectivity index (χ2v) is 6.11. The molecule has 0 aliphatic carbocycles. The van der Waals surface area contributed by atoms with Crippen molar-refractivity contribution in [1.29, 1.82) is 5.26 Å². The summed E-state index contributed by atoms with van der Waals surface area (Å²) < 4.78 is 43.6. The van der Waals surface area contributed by atoms with Gasteiger partial charge < -0.3 is 5.32 Å². The minimum Gasteiger partial charge on any atom is -0.354 e. The summed E-state index contributed by atoms with van der Waals surface area (Å²) in [7, 11) is 0. The molecule has 9 nitrogen and oxygen atoms in total. The number of amidine groups is 1. The van der Waals surface area contributed by atoms with Crippen LogP contribution in [-0.4, -0.2) is 39.6 Å². The third kappa shape index (κ3) is 5.69. The summed E-state index contributed by atoms with van der Waals surface area (Å²) in [5.74, 6) is -1.43. The highest BCUT2D eigenvalue weighted by Crippen LogP contribution is 2.27. The summed E-state index contributed by atoms with van der Waals surface area (Å²) in [6, 6.07) is 4.52. The predicted molar refractivity (Wildman–Crippen MR) is 90.7 cm³/mol. The van der Waals surface area contributed by atoms with Crippen LogP contribution in [0.4, 0.5) is 18.9 Å². The van der Waals surface area contributed by atoms with Crippen molar-refractivity contribution < 1.29 is 27.8 Å². The number of thioether (sulfide) groups is 1. The molecule has 28 heavy (non-hydrogen) atoms. The summed E-state index contributed by atoms with van der Waals surface area (Å²) in [4.78, 5) is 15.1. The highest BCUT2D eigenvalue weighted by Gasteiger charge is 2.18. The van der Waals surface area contributed by atoms with E-state index in [9.17, 15) is 23.2 Å². The highest BCUT2D eigenvalue weighted by molar-refractivity contribution is 7.99. The fourth-order valence-corrected chi connectivity index (χ4v) is 2.67. The van der Waals surface area contributed by atoms with Gasteiger partial charge in [0.1, 0.15) is 12.2 Å². The summed E-state index contributed by atoms with van der Waals surface area (Å²) in [6.07, 6.45) is -3.29. The zero-order chi connectivity index (χ0) is 20.5. The maximum atomic E-state index is 13.4. The summed E-state index contributed by atoms with van der Waals surface area (Å²) >= 11 is 1.10. The van der Waals surface area contributed by atoms with Crippen LogP contribution in [0.15, 0.2) is 32.8 Å². The largest absolute Gasteiger partial charge is 0.354 e. The molecule has 0 saturated carbocycles. The Morgan fingerprint density at radius 2 is 2.21 bits per heavy atom. The van der Waals surface area contributed by atoms with Crippen LogP contribution in [0.5, 0.6) is 0 Å². The number of nitrogens with zero attached hydrogens (tertiary/aromatic N) is 4. The molecule has 13 heteroatoms. The first-order valence-electron chi connectivity index (χ1n) is 7.62. The Kier molecular flexibility index (Phi) is 7.78. The first-order chi connectivity index (χ1) is 13.5. The molecule has 2 aromatic rings. The number of hydroxylamine groups is 1. The number of nitrogens with one attached hydrogen (secondary N) is 2. The Morgan fingerprint density at radius 3 is 2.89 bits per heavy atom. The number of carbonyl (C=O) groups excluding carboxylic acids is 1. The van der Waals surface area contributed by atoms with Gasteiger partial charge in [0.2, 0.25) is 5.91 Å². The number of hydrogen-bond donors (Lipinski definition) is 3. The molecule has 0 unspecified atom stereocenters. The second kappa shape index (κ2) is 10.3. The lowest BCUT2D eigenvalue weighted by molar-refractivity contribution is -0.120. The minimum absolute atomic E-state index is 0.0150. The number of halogens is 3. The van der Waals surface area contributed by atoms with E-state index in [-0.39, 0.29) is 35.2 Å². The van der Waals surface area contributed by atoms with E-state index in [0.717, 1.165) is 30.0 Å². The standard InChI is InChI=1S/C15H13F3N6O3S/c16-10-2-1-8(7-9(10)13(17)18)21-14(22-26)12-15(24-27-23-12)28-6-5-20-11(25)3-4-19/h1-2,7,13,26H,3,5-6H2,(H,20,25)(H,21,22). The average molecular weight is 414 g/mol. The molecule has 2 rings (SSSR count). The lowest BCUT2D eigenvalue weighted by Gasteiger charge is -2.06. The van der Waals surface area contributed by atoms with E-state index in [1.54, 1.807) is 11.5 Å². The number of hydrogen-bond acceptors (Lipinski definition) is 8. The summed E-state index contributed by atoms with van der Waals surface area (Å²) in [5, 5.41) is 27.6. The SMILES string of the molecule is N#CCC(=O)NCCSc1nonc1C(=Nc1ccc(F)c(C(F)F)c1)NO. The monoisotopic (exact) mass is 414 g/mol. The van der Waals surface area contributed by atoms with E-state index in [0.29, 0.717) is 5.75 Å². The van der Waals surface area contributed by atoms with Gasteiger partial charge >= 0.3 is 0 Å². The summed E-state index contributed by atoms with van der Waals surface area (Å²) in [6.45, 7) is 0.228. The van der Waals surface area contributed by atoms with E-state index in [1.807, 2.05) is 0 Å². The predicted octanol–water partition coefficient (Wildman–Crippen LogP) is 2.33. The van der Waals surface area contributed by atoms with Crippen LogP contribution in [0.1, 0.15) is 24.1 Å². The molecule has 148 valence electrons.